The van der Waals surface area contributed by atoms with Crippen LogP contribution in [0.15, 0.2) is 78.9 Å². The lowest BCUT2D eigenvalue weighted by Crippen LogP contribution is -2.24. The molecule has 0 unspecified atom stereocenters. The molecule has 0 spiro atoms. The van der Waals surface area contributed by atoms with Gasteiger partial charge in [-0.2, -0.15) is 5.26 Å². The molecule has 0 radical (unpaired) electrons. The van der Waals surface area contributed by atoms with Crippen LogP contribution in [-0.4, -0.2) is 12.5 Å². The Labute approximate surface area is 159 Å². The lowest BCUT2D eigenvalue weighted by atomic mass is 10.1. The normalized spacial score (nSPS) is 10.0. The van der Waals surface area contributed by atoms with E-state index in [-0.39, 0.29) is 12.3 Å². The number of carbonyl (C=O) groups excluding carboxylic acids is 1. The number of rotatable bonds is 7. The number of nitrogens with zero attached hydrogens (tertiary/aromatic N) is 1. The molecule has 0 saturated carbocycles. The van der Waals surface area contributed by atoms with Gasteiger partial charge in [0.1, 0.15) is 17.9 Å². The van der Waals surface area contributed by atoms with Gasteiger partial charge in [0.05, 0.1) is 6.07 Å². The number of benzene rings is 3. The molecule has 0 aliphatic heterocycles. The Hall–Kier alpha value is -3.58. The Balaban J connectivity index is 1.54. The van der Waals surface area contributed by atoms with Crippen molar-refractivity contribution in [2.45, 2.75) is 12.8 Å². The molecule has 0 bridgehead atoms. The van der Waals surface area contributed by atoms with Gasteiger partial charge in [-0.25, -0.2) is 0 Å². The number of carbonyl (C=O) groups is 1. The average molecular weight is 356 g/mol. The fourth-order valence-corrected chi connectivity index (χ4v) is 2.69. The van der Waals surface area contributed by atoms with Crippen LogP contribution >= 0.6 is 0 Å². The van der Waals surface area contributed by atoms with Crippen LogP contribution in [0.1, 0.15) is 12.0 Å². The molecule has 4 nitrogen and oxygen atoms in total. The van der Waals surface area contributed by atoms with Gasteiger partial charge in [-0.15, -0.1) is 0 Å². The van der Waals surface area contributed by atoms with Crippen LogP contribution in [0.5, 0.6) is 11.5 Å². The molecular weight excluding hydrogens is 336 g/mol. The molecule has 0 heterocycles. The van der Waals surface area contributed by atoms with Crippen LogP contribution in [0.4, 0.5) is 0 Å². The van der Waals surface area contributed by atoms with Crippen molar-refractivity contribution in [3.05, 3.63) is 84.4 Å². The molecule has 0 aliphatic carbocycles. The maximum absolute atomic E-state index is 11.3. The van der Waals surface area contributed by atoms with Crippen molar-refractivity contribution < 1.29 is 9.53 Å². The van der Waals surface area contributed by atoms with Crippen molar-refractivity contribution in [2.75, 3.05) is 6.54 Å². The molecule has 1 amide bonds. The zero-order valence-corrected chi connectivity index (χ0v) is 14.9. The fraction of sp³-hybridized carbons (Fsp3) is 0.130. The smallest absolute Gasteiger partial charge is 0.234 e. The number of hydrogen-bond acceptors (Lipinski definition) is 3. The summed E-state index contributed by atoms with van der Waals surface area (Å²) in [6.45, 7) is 0.516. The van der Waals surface area contributed by atoms with E-state index in [2.05, 4.69) is 17.4 Å². The summed E-state index contributed by atoms with van der Waals surface area (Å²) < 4.78 is 5.89. The minimum Gasteiger partial charge on any atom is -0.457 e. The summed E-state index contributed by atoms with van der Waals surface area (Å²) in [7, 11) is 0. The third kappa shape index (κ3) is 5.45. The fourth-order valence-electron chi connectivity index (χ4n) is 2.69. The number of hydrogen-bond donors (Lipinski definition) is 1. The van der Waals surface area contributed by atoms with Crippen LogP contribution in [0.3, 0.4) is 0 Å². The molecule has 0 fully saturated rings. The van der Waals surface area contributed by atoms with Gasteiger partial charge in [-0.3, -0.25) is 4.79 Å². The van der Waals surface area contributed by atoms with Gasteiger partial charge in [-0.05, 0) is 47.4 Å². The Morgan fingerprint density at radius 2 is 1.44 bits per heavy atom. The van der Waals surface area contributed by atoms with Gasteiger partial charge < -0.3 is 10.1 Å². The quantitative estimate of drug-likeness (QED) is 0.666. The van der Waals surface area contributed by atoms with Crippen LogP contribution in [0.25, 0.3) is 11.1 Å². The number of nitrogens with one attached hydrogen (secondary N) is 1. The van der Waals surface area contributed by atoms with Crippen molar-refractivity contribution in [2.24, 2.45) is 0 Å². The summed E-state index contributed by atoms with van der Waals surface area (Å²) >= 11 is 0. The van der Waals surface area contributed by atoms with Gasteiger partial charge in [0.15, 0.2) is 0 Å². The summed E-state index contributed by atoms with van der Waals surface area (Å²) in [5, 5.41) is 11.2. The molecule has 0 saturated heterocycles. The van der Waals surface area contributed by atoms with E-state index >= 15 is 0 Å². The molecular formula is C23H20N2O2. The Morgan fingerprint density at radius 3 is 2.07 bits per heavy atom. The first kappa shape index (κ1) is 18.2. The highest BCUT2D eigenvalue weighted by Crippen LogP contribution is 2.26. The molecule has 0 aliphatic rings. The van der Waals surface area contributed by atoms with E-state index in [0.717, 1.165) is 22.6 Å². The lowest BCUT2D eigenvalue weighted by molar-refractivity contribution is -0.120. The first-order chi connectivity index (χ1) is 13.2. The second-order valence-electron chi connectivity index (χ2n) is 6.07. The highest BCUT2D eigenvalue weighted by atomic mass is 16.5. The molecule has 3 rings (SSSR count). The summed E-state index contributed by atoms with van der Waals surface area (Å²) in [5.41, 5.74) is 3.42. The van der Waals surface area contributed by atoms with Gasteiger partial charge >= 0.3 is 0 Å². The van der Waals surface area contributed by atoms with E-state index in [9.17, 15) is 4.79 Å². The van der Waals surface area contributed by atoms with Crippen LogP contribution in [0, 0.1) is 11.3 Å². The summed E-state index contributed by atoms with van der Waals surface area (Å²) in [6.07, 6.45) is 0.610. The second-order valence-corrected chi connectivity index (χ2v) is 6.07. The SMILES string of the molecule is N#CCC(=O)NCCc1ccc(Oc2ccc(-c3ccccc3)cc2)cc1. The first-order valence-electron chi connectivity index (χ1n) is 8.80. The summed E-state index contributed by atoms with van der Waals surface area (Å²) in [5.74, 6) is 1.31. The van der Waals surface area contributed by atoms with Crippen molar-refractivity contribution in [3.8, 4) is 28.7 Å². The predicted octanol–water partition coefficient (Wildman–Crippen LogP) is 4.72. The van der Waals surface area contributed by atoms with Crippen LogP contribution < -0.4 is 10.1 Å². The zero-order chi connectivity index (χ0) is 18.9. The van der Waals surface area contributed by atoms with Crippen molar-refractivity contribution in [1.29, 1.82) is 5.26 Å². The summed E-state index contributed by atoms with van der Waals surface area (Å²) in [6, 6.07) is 27.8. The number of ether oxygens (including phenoxy) is 1. The molecule has 3 aromatic carbocycles. The molecule has 0 aromatic heterocycles. The average Bonchev–Trinajstić information content (AvgIpc) is 2.71. The topological polar surface area (TPSA) is 62.1 Å². The predicted molar refractivity (Wildman–Crippen MR) is 105 cm³/mol. The van der Waals surface area contributed by atoms with Gasteiger partial charge in [-0.1, -0.05) is 54.6 Å². The lowest BCUT2D eigenvalue weighted by Gasteiger charge is -2.08. The molecule has 134 valence electrons. The number of nitriles is 1. The Morgan fingerprint density at radius 1 is 0.852 bits per heavy atom. The van der Waals surface area contributed by atoms with Crippen LogP contribution in [0.2, 0.25) is 0 Å². The van der Waals surface area contributed by atoms with Crippen molar-refractivity contribution in [1.82, 2.24) is 5.32 Å². The Bertz CT molecular complexity index is 911. The molecule has 4 heteroatoms. The van der Waals surface area contributed by atoms with E-state index in [4.69, 9.17) is 10.00 Å². The molecule has 3 aromatic rings. The molecule has 27 heavy (non-hydrogen) atoms. The third-order valence-electron chi connectivity index (χ3n) is 4.10. The molecule has 1 N–H and O–H groups in total. The highest BCUT2D eigenvalue weighted by molar-refractivity contribution is 5.77. The van der Waals surface area contributed by atoms with Crippen molar-refractivity contribution in [3.63, 3.8) is 0 Å². The third-order valence-corrected chi connectivity index (χ3v) is 4.10. The van der Waals surface area contributed by atoms with Gasteiger partial charge in [0, 0.05) is 6.54 Å². The standard InChI is InChI=1S/C23H20N2O2/c24-16-14-23(26)25-17-15-18-6-10-21(11-7-18)27-22-12-8-20(9-13-22)19-4-2-1-3-5-19/h1-13H,14-15,17H2,(H,25,26). The molecule has 0 atom stereocenters. The van der Waals surface area contributed by atoms with E-state index < -0.39 is 0 Å². The van der Waals surface area contributed by atoms with E-state index in [1.165, 1.54) is 5.56 Å². The monoisotopic (exact) mass is 356 g/mol. The zero-order valence-electron chi connectivity index (χ0n) is 14.9. The second kappa shape index (κ2) is 9.21. The van der Waals surface area contributed by atoms with Crippen molar-refractivity contribution >= 4 is 5.91 Å². The number of amides is 1. The minimum atomic E-state index is -0.239. The highest BCUT2D eigenvalue weighted by Gasteiger charge is 2.02. The maximum Gasteiger partial charge on any atom is 0.234 e. The van der Waals surface area contributed by atoms with Crippen LogP contribution in [-0.2, 0) is 11.2 Å². The summed E-state index contributed by atoms with van der Waals surface area (Å²) in [4.78, 5) is 11.3. The first-order valence-corrected chi connectivity index (χ1v) is 8.80. The van der Waals surface area contributed by atoms with Gasteiger partial charge in [0.2, 0.25) is 5.91 Å². The largest absolute Gasteiger partial charge is 0.457 e. The van der Waals surface area contributed by atoms with E-state index in [0.29, 0.717) is 13.0 Å². The maximum atomic E-state index is 11.3. The minimum absolute atomic E-state index is 0.101. The Kier molecular flexibility index (Phi) is 6.21. The van der Waals surface area contributed by atoms with E-state index in [1.807, 2.05) is 72.8 Å². The van der Waals surface area contributed by atoms with E-state index in [1.54, 1.807) is 0 Å². The van der Waals surface area contributed by atoms with Gasteiger partial charge in [0.25, 0.3) is 0 Å².